The molecule has 0 N–H and O–H groups in total. The number of ether oxygens (including phenoxy) is 2. The normalized spacial score (nSPS) is 10.0. The van der Waals surface area contributed by atoms with Gasteiger partial charge in [-0.15, -0.1) is 0 Å². The summed E-state index contributed by atoms with van der Waals surface area (Å²) in [6, 6.07) is 8.91. The summed E-state index contributed by atoms with van der Waals surface area (Å²) in [4.78, 5) is 21.2. The van der Waals surface area contributed by atoms with Gasteiger partial charge in [0.25, 0.3) is 5.69 Å². The summed E-state index contributed by atoms with van der Waals surface area (Å²) >= 11 is 3.33. The van der Waals surface area contributed by atoms with Gasteiger partial charge in [-0.25, -0.2) is 0 Å². The van der Waals surface area contributed by atoms with Crippen LogP contribution in [0.4, 0.5) is 5.69 Å². The summed E-state index contributed by atoms with van der Waals surface area (Å²) < 4.78 is 11.3. The number of rotatable bonds is 5. The molecule has 0 saturated carbocycles. The Balaban J connectivity index is 2.35. The number of carbonyl (C=O) groups is 1. The zero-order chi connectivity index (χ0) is 15.4. The minimum Gasteiger partial charge on any atom is -0.497 e. The SMILES string of the molecule is COc1ccc(Oc2ccc([N+](=O)[O-])cc2C=O)c(Br)c1. The average Bonchev–Trinajstić information content (AvgIpc) is 2.49. The van der Waals surface area contributed by atoms with Gasteiger partial charge < -0.3 is 9.47 Å². The molecule has 21 heavy (non-hydrogen) atoms. The second-order valence-electron chi connectivity index (χ2n) is 4.00. The lowest BCUT2D eigenvalue weighted by Gasteiger charge is -2.10. The molecule has 0 spiro atoms. The van der Waals surface area contributed by atoms with Gasteiger partial charge in [0.15, 0.2) is 6.29 Å². The summed E-state index contributed by atoms with van der Waals surface area (Å²) in [7, 11) is 1.54. The van der Waals surface area contributed by atoms with Crippen molar-refractivity contribution in [1.29, 1.82) is 0 Å². The minimum absolute atomic E-state index is 0.104. The lowest BCUT2D eigenvalue weighted by Crippen LogP contribution is -1.95. The van der Waals surface area contributed by atoms with Crippen LogP contribution in [0.1, 0.15) is 10.4 Å². The predicted octanol–water partition coefficient (Wildman–Crippen LogP) is 3.97. The maximum atomic E-state index is 11.0. The molecule has 2 aromatic carbocycles. The third kappa shape index (κ3) is 3.38. The number of non-ortho nitro benzene ring substituents is 1. The molecule has 0 aliphatic carbocycles. The van der Waals surface area contributed by atoms with Crippen molar-refractivity contribution in [3.8, 4) is 17.2 Å². The van der Waals surface area contributed by atoms with Crippen molar-refractivity contribution >= 4 is 27.9 Å². The topological polar surface area (TPSA) is 78.7 Å². The Kier molecular flexibility index (Phi) is 4.54. The Labute approximate surface area is 128 Å². The molecule has 0 aliphatic heterocycles. The molecule has 0 fully saturated rings. The molecule has 2 rings (SSSR count). The molecule has 0 atom stereocenters. The van der Waals surface area contributed by atoms with Crippen LogP contribution in [0.2, 0.25) is 0 Å². The molecule has 0 saturated heterocycles. The minimum atomic E-state index is -0.569. The molecular weight excluding hydrogens is 342 g/mol. The summed E-state index contributed by atoms with van der Waals surface area (Å²) in [5.74, 6) is 1.35. The van der Waals surface area contributed by atoms with E-state index in [9.17, 15) is 14.9 Å². The van der Waals surface area contributed by atoms with Crippen LogP contribution in [0.3, 0.4) is 0 Å². The van der Waals surface area contributed by atoms with Gasteiger partial charge in [-0.2, -0.15) is 0 Å². The maximum absolute atomic E-state index is 11.0. The van der Waals surface area contributed by atoms with Gasteiger partial charge in [-0.05, 0) is 40.2 Å². The molecule has 0 aromatic heterocycles. The van der Waals surface area contributed by atoms with Gasteiger partial charge in [0.1, 0.15) is 17.2 Å². The highest BCUT2D eigenvalue weighted by atomic mass is 79.9. The van der Waals surface area contributed by atoms with E-state index in [4.69, 9.17) is 9.47 Å². The molecule has 0 aliphatic rings. The fourth-order valence-electron chi connectivity index (χ4n) is 1.64. The van der Waals surface area contributed by atoms with E-state index in [1.54, 1.807) is 25.3 Å². The number of nitrogens with zero attached hydrogens (tertiary/aromatic N) is 1. The summed E-state index contributed by atoms with van der Waals surface area (Å²) in [6.07, 6.45) is 0.514. The molecule has 2 aromatic rings. The quantitative estimate of drug-likeness (QED) is 0.462. The van der Waals surface area contributed by atoms with E-state index in [0.29, 0.717) is 22.3 Å². The van der Waals surface area contributed by atoms with Crippen LogP contribution in [-0.2, 0) is 0 Å². The van der Waals surface area contributed by atoms with E-state index in [0.717, 1.165) is 0 Å². The highest BCUT2D eigenvalue weighted by Gasteiger charge is 2.13. The second-order valence-corrected chi connectivity index (χ2v) is 4.85. The van der Waals surface area contributed by atoms with E-state index in [-0.39, 0.29) is 17.0 Å². The van der Waals surface area contributed by atoms with Crippen LogP contribution in [0, 0.1) is 10.1 Å². The molecule has 0 bridgehead atoms. The van der Waals surface area contributed by atoms with Crippen molar-refractivity contribution < 1.29 is 19.2 Å². The number of carbonyl (C=O) groups excluding carboxylic acids is 1. The molecule has 7 heteroatoms. The van der Waals surface area contributed by atoms with E-state index < -0.39 is 4.92 Å². The monoisotopic (exact) mass is 351 g/mol. The lowest BCUT2D eigenvalue weighted by molar-refractivity contribution is -0.384. The number of halogens is 1. The summed E-state index contributed by atoms with van der Waals surface area (Å²) in [5.41, 5.74) is -0.0647. The largest absolute Gasteiger partial charge is 0.497 e. The van der Waals surface area contributed by atoms with E-state index in [2.05, 4.69) is 15.9 Å². The van der Waals surface area contributed by atoms with Crippen molar-refractivity contribution in [3.63, 3.8) is 0 Å². The highest BCUT2D eigenvalue weighted by molar-refractivity contribution is 9.10. The predicted molar refractivity (Wildman–Crippen MR) is 79.3 cm³/mol. The van der Waals surface area contributed by atoms with Crippen molar-refractivity contribution in [2.75, 3.05) is 7.11 Å². The fraction of sp³-hybridized carbons (Fsp3) is 0.0714. The number of hydrogen-bond donors (Lipinski definition) is 0. The molecule has 0 radical (unpaired) electrons. The van der Waals surface area contributed by atoms with Crippen LogP contribution in [-0.4, -0.2) is 18.3 Å². The molecule has 108 valence electrons. The third-order valence-electron chi connectivity index (χ3n) is 2.69. The zero-order valence-corrected chi connectivity index (χ0v) is 12.5. The standard InChI is InChI=1S/C14H10BrNO5/c1-20-11-3-5-14(12(15)7-11)21-13-4-2-10(16(18)19)6-9(13)8-17/h2-8H,1H3. The van der Waals surface area contributed by atoms with Gasteiger partial charge in [-0.1, -0.05) is 0 Å². The van der Waals surface area contributed by atoms with Gasteiger partial charge in [0, 0.05) is 12.1 Å². The van der Waals surface area contributed by atoms with Crippen LogP contribution >= 0.6 is 15.9 Å². The number of methoxy groups -OCH3 is 1. The van der Waals surface area contributed by atoms with Gasteiger partial charge in [-0.3, -0.25) is 14.9 Å². The highest BCUT2D eigenvalue weighted by Crippen LogP contribution is 2.34. The van der Waals surface area contributed by atoms with Crippen LogP contribution in [0.5, 0.6) is 17.2 Å². The average molecular weight is 352 g/mol. The Morgan fingerprint density at radius 3 is 2.48 bits per heavy atom. The summed E-state index contributed by atoms with van der Waals surface area (Å²) in [5, 5.41) is 10.7. The van der Waals surface area contributed by atoms with Crippen molar-refractivity contribution in [2.24, 2.45) is 0 Å². The Morgan fingerprint density at radius 2 is 1.90 bits per heavy atom. The first kappa shape index (κ1) is 15.0. The zero-order valence-electron chi connectivity index (χ0n) is 10.9. The first-order valence-corrected chi connectivity index (χ1v) is 6.59. The van der Waals surface area contributed by atoms with Crippen LogP contribution in [0.15, 0.2) is 40.9 Å². The first-order chi connectivity index (χ1) is 10.0. The molecule has 0 unspecified atom stereocenters. The van der Waals surface area contributed by atoms with Gasteiger partial charge in [0.05, 0.1) is 22.1 Å². The molecule has 6 nitrogen and oxygen atoms in total. The number of aldehydes is 1. The van der Waals surface area contributed by atoms with E-state index >= 15 is 0 Å². The fourth-order valence-corrected chi connectivity index (χ4v) is 2.08. The Morgan fingerprint density at radius 1 is 1.19 bits per heavy atom. The molecular formula is C14H10BrNO5. The Bertz CT molecular complexity index is 702. The van der Waals surface area contributed by atoms with Crippen molar-refractivity contribution in [3.05, 3.63) is 56.5 Å². The van der Waals surface area contributed by atoms with Gasteiger partial charge in [0.2, 0.25) is 0 Å². The number of nitro groups is 1. The van der Waals surface area contributed by atoms with E-state index in [1.807, 2.05) is 0 Å². The van der Waals surface area contributed by atoms with Crippen molar-refractivity contribution in [2.45, 2.75) is 0 Å². The smallest absolute Gasteiger partial charge is 0.270 e. The lowest BCUT2D eigenvalue weighted by atomic mass is 10.2. The first-order valence-electron chi connectivity index (χ1n) is 5.80. The summed E-state index contributed by atoms with van der Waals surface area (Å²) in [6.45, 7) is 0. The number of nitro benzene ring substituents is 1. The molecule has 0 amide bonds. The van der Waals surface area contributed by atoms with Gasteiger partial charge >= 0.3 is 0 Å². The maximum Gasteiger partial charge on any atom is 0.270 e. The van der Waals surface area contributed by atoms with E-state index in [1.165, 1.54) is 18.2 Å². The molecule has 0 heterocycles. The second kappa shape index (κ2) is 6.36. The number of hydrogen-bond acceptors (Lipinski definition) is 5. The van der Waals surface area contributed by atoms with Crippen molar-refractivity contribution in [1.82, 2.24) is 0 Å². The van der Waals surface area contributed by atoms with Crippen LogP contribution in [0.25, 0.3) is 0 Å². The third-order valence-corrected chi connectivity index (χ3v) is 3.31. The van der Waals surface area contributed by atoms with Crippen LogP contribution < -0.4 is 9.47 Å². The Hall–Kier alpha value is -2.41. The number of benzene rings is 2.